The fourth-order valence-corrected chi connectivity index (χ4v) is 0.679. The molecule has 0 heterocycles. The summed E-state index contributed by atoms with van der Waals surface area (Å²) in [6, 6.07) is 0. The van der Waals surface area contributed by atoms with E-state index in [1.54, 1.807) is 0 Å². The van der Waals surface area contributed by atoms with E-state index >= 15 is 0 Å². The second kappa shape index (κ2) is 6.81. The molecule has 0 aliphatic heterocycles. The third kappa shape index (κ3) is 7.69. The van der Waals surface area contributed by atoms with Crippen LogP contribution in [0, 0.1) is 0 Å². The molecule has 2 nitrogen and oxygen atoms in total. The van der Waals surface area contributed by atoms with Gasteiger partial charge in [-0.25, -0.2) is 0 Å². The van der Waals surface area contributed by atoms with Crippen LogP contribution in [-0.2, 0) is 9.53 Å². The van der Waals surface area contributed by atoms with Crippen LogP contribution in [0.2, 0.25) is 0 Å². The van der Waals surface area contributed by atoms with Crippen LogP contribution in [0.15, 0.2) is 12.2 Å². The van der Waals surface area contributed by atoms with Gasteiger partial charge in [0.05, 0.1) is 0 Å². The highest BCUT2D eigenvalue weighted by molar-refractivity contribution is 9.09. The van der Waals surface area contributed by atoms with Gasteiger partial charge in [0.25, 0.3) is 0 Å². The molecule has 0 aliphatic carbocycles. The highest BCUT2D eigenvalue weighted by Crippen LogP contribution is 1.89. The highest BCUT2D eigenvalue weighted by atomic mass is 79.9. The lowest BCUT2D eigenvalue weighted by Gasteiger charge is -1.93. The summed E-state index contributed by atoms with van der Waals surface area (Å²) < 4.78 is 4.65. The summed E-state index contributed by atoms with van der Waals surface area (Å²) >= 11 is 3.27. The molecule has 0 unspecified atom stereocenters. The van der Waals surface area contributed by atoms with Crippen molar-refractivity contribution >= 4 is 21.9 Å². The molecule has 10 heavy (non-hydrogen) atoms. The fourth-order valence-electron chi connectivity index (χ4n) is 0.414. The van der Waals surface area contributed by atoms with Gasteiger partial charge in [-0.2, -0.15) is 0 Å². The molecule has 0 atom stereocenters. The van der Waals surface area contributed by atoms with Crippen molar-refractivity contribution in [3.8, 4) is 0 Å². The Hall–Kier alpha value is -0.310. The van der Waals surface area contributed by atoms with Gasteiger partial charge in [0.1, 0.15) is 6.61 Å². The Morgan fingerprint density at radius 2 is 2.30 bits per heavy atom. The van der Waals surface area contributed by atoms with Crippen molar-refractivity contribution in [2.75, 3.05) is 11.9 Å². The van der Waals surface area contributed by atoms with Gasteiger partial charge in [-0.1, -0.05) is 28.1 Å². The average molecular weight is 207 g/mol. The molecule has 0 radical (unpaired) electrons. The third-order valence-corrected chi connectivity index (χ3v) is 1.28. The van der Waals surface area contributed by atoms with Gasteiger partial charge in [0.2, 0.25) is 0 Å². The molecule has 0 spiro atoms. The van der Waals surface area contributed by atoms with Crippen LogP contribution in [0.3, 0.4) is 0 Å². The monoisotopic (exact) mass is 206 g/mol. The molecule has 0 aliphatic rings. The van der Waals surface area contributed by atoms with Crippen LogP contribution >= 0.6 is 15.9 Å². The number of carbonyl (C=O) groups is 1. The predicted molar refractivity (Wildman–Crippen MR) is 44.2 cm³/mol. The van der Waals surface area contributed by atoms with E-state index in [0.29, 0.717) is 6.61 Å². The van der Waals surface area contributed by atoms with E-state index in [1.807, 2.05) is 12.2 Å². The van der Waals surface area contributed by atoms with Crippen molar-refractivity contribution < 1.29 is 9.53 Å². The first kappa shape index (κ1) is 9.69. The van der Waals surface area contributed by atoms with E-state index in [2.05, 4.69) is 20.7 Å². The smallest absolute Gasteiger partial charge is 0.302 e. The number of alkyl halides is 1. The number of carbonyl (C=O) groups excluding carboxylic acids is 1. The number of ether oxygens (including phenoxy) is 1. The summed E-state index contributed by atoms with van der Waals surface area (Å²) in [4.78, 5) is 10.2. The molecule has 0 N–H and O–H groups in total. The number of esters is 1. The van der Waals surface area contributed by atoms with Crippen molar-refractivity contribution in [2.24, 2.45) is 0 Å². The van der Waals surface area contributed by atoms with Gasteiger partial charge in [-0.15, -0.1) is 0 Å². The molecule has 0 bridgehead atoms. The van der Waals surface area contributed by atoms with E-state index in [9.17, 15) is 4.79 Å². The van der Waals surface area contributed by atoms with Gasteiger partial charge in [-0.05, 0) is 6.42 Å². The van der Waals surface area contributed by atoms with E-state index in [4.69, 9.17) is 0 Å². The third-order valence-electron chi connectivity index (χ3n) is 0.825. The van der Waals surface area contributed by atoms with Crippen LogP contribution in [0.1, 0.15) is 13.3 Å². The molecular weight excluding hydrogens is 196 g/mol. The lowest BCUT2D eigenvalue weighted by molar-refractivity contribution is -0.139. The lowest BCUT2D eigenvalue weighted by atomic mass is 10.4. The molecule has 0 fully saturated rings. The number of allylic oxidation sites excluding steroid dienone is 1. The Kier molecular flexibility index (Phi) is 6.59. The summed E-state index contributed by atoms with van der Waals surface area (Å²) in [7, 11) is 0. The van der Waals surface area contributed by atoms with Crippen molar-refractivity contribution in [1.29, 1.82) is 0 Å². The maximum absolute atomic E-state index is 10.2. The zero-order valence-corrected chi connectivity index (χ0v) is 7.56. The SMILES string of the molecule is CC(=O)OC/C=C/CCBr. The Bertz CT molecular complexity index is 121. The minimum atomic E-state index is -0.233. The number of hydrogen-bond donors (Lipinski definition) is 0. The van der Waals surface area contributed by atoms with Crippen LogP contribution in [0.4, 0.5) is 0 Å². The first-order chi connectivity index (χ1) is 4.77. The highest BCUT2D eigenvalue weighted by Gasteiger charge is 1.85. The summed E-state index contributed by atoms with van der Waals surface area (Å²) in [5.41, 5.74) is 0. The molecule has 58 valence electrons. The summed E-state index contributed by atoms with van der Waals surface area (Å²) in [5, 5.41) is 0.948. The minimum absolute atomic E-state index is 0.233. The van der Waals surface area contributed by atoms with E-state index in [1.165, 1.54) is 6.92 Å². The molecule has 0 saturated heterocycles. The topological polar surface area (TPSA) is 26.3 Å². The van der Waals surface area contributed by atoms with Gasteiger partial charge in [-0.3, -0.25) is 4.79 Å². The van der Waals surface area contributed by atoms with Crippen molar-refractivity contribution in [1.82, 2.24) is 0 Å². The molecule has 0 amide bonds. The Balaban J connectivity index is 3.10. The average Bonchev–Trinajstić information content (AvgIpc) is 1.87. The molecule has 0 saturated carbocycles. The van der Waals surface area contributed by atoms with Crippen molar-refractivity contribution in [2.45, 2.75) is 13.3 Å². The summed E-state index contributed by atoms with van der Waals surface area (Å²) in [6.45, 7) is 1.79. The standard InChI is InChI=1S/C7H11BrO2/c1-7(9)10-6-4-2-3-5-8/h2,4H,3,5-6H2,1H3/b4-2+. The molecular formula is C7H11BrO2. The maximum Gasteiger partial charge on any atom is 0.302 e. The Morgan fingerprint density at radius 1 is 1.60 bits per heavy atom. The quantitative estimate of drug-likeness (QED) is 0.399. The van der Waals surface area contributed by atoms with Crippen LogP contribution < -0.4 is 0 Å². The van der Waals surface area contributed by atoms with Crippen molar-refractivity contribution in [3.63, 3.8) is 0 Å². The second-order valence-electron chi connectivity index (χ2n) is 1.75. The maximum atomic E-state index is 10.2. The molecule has 0 rings (SSSR count). The minimum Gasteiger partial charge on any atom is -0.462 e. The van der Waals surface area contributed by atoms with Gasteiger partial charge < -0.3 is 4.74 Å². The second-order valence-corrected chi connectivity index (χ2v) is 2.54. The van der Waals surface area contributed by atoms with Gasteiger partial charge >= 0.3 is 5.97 Å². The van der Waals surface area contributed by atoms with Crippen LogP contribution in [0.5, 0.6) is 0 Å². The predicted octanol–water partition coefficient (Wildman–Crippen LogP) is 1.89. The normalized spacial score (nSPS) is 10.2. The van der Waals surface area contributed by atoms with Gasteiger partial charge in [0.15, 0.2) is 0 Å². The first-order valence-electron chi connectivity index (χ1n) is 3.11. The largest absolute Gasteiger partial charge is 0.462 e. The number of rotatable bonds is 4. The molecule has 0 aromatic rings. The van der Waals surface area contributed by atoms with Gasteiger partial charge in [0, 0.05) is 12.3 Å². The van der Waals surface area contributed by atoms with E-state index in [-0.39, 0.29) is 5.97 Å². The summed E-state index contributed by atoms with van der Waals surface area (Å²) in [5.74, 6) is -0.233. The Morgan fingerprint density at radius 3 is 2.80 bits per heavy atom. The molecule has 3 heteroatoms. The first-order valence-corrected chi connectivity index (χ1v) is 4.24. The van der Waals surface area contributed by atoms with Crippen molar-refractivity contribution in [3.05, 3.63) is 12.2 Å². The Labute approximate surface area is 69.4 Å². The zero-order valence-electron chi connectivity index (χ0n) is 5.97. The van der Waals surface area contributed by atoms with Crippen LogP contribution in [-0.4, -0.2) is 17.9 Å². The van der Waals surface area contributed by atoms with Crippen LogP contribution in [0.25, 0.3) is 0 Å². The zero-order chi connectivity index (χ0) is 7.82. The fraction of sp³-hybridized carbons (Fsp3) is 0.571. The van der Waals surface area contributed by atoms with E-state index < -0.39 is 0 Å². The summed E-state index contributed by atoms with van der Waals surface area (Å²) in [6.07, 6.45) is 4.78. The molecule has 0 aromatic heterocycles. The number of hydrogen-bond acceptors (Lipinski definition) is 2. The number of halogens is 1. The lowest BCUT2D eigenvalue weighted by Crippen LogP contribution is -1.97. The van der Waals surface area contributed by atoms with E-state index in [0.717, 1.165) is 11.8 Å². The molecule has 0 aromatic carbocycles.